The maximum Gasteiger partial charge on any atom is 0.242 e. The third-order valence-corrected chi connectivity index (χ3v) is 9.66. The van der Waals surface area contributed by atoms with Gasteiger partial charge >= 0.3 is 0 Å². The summed E-state index contributed by atoms with van der Waals surface area (Å²) in [6.45, 7) is 6.23. The fraction of sp³-hybridized carbons (Fsp3) is 0.300. The molecule has 6 rings (SSSR count). The lowest BCUT2D eigenvalue weighted by molar-refractivity contribution is -0.134. The van der Waals surface area contributed by atoms with E-state index in [-0.39, 0.29) is 29.4 Å². The number of benzene rings is 2. The summed E-state index contributed by atoms with van der Waals surface area (Å²) in [6.07, 6.45) is 0. The Bertz CT molecular complexity index is 1490. The largest absolute Gasteiger partial charge is 0.378 e. The van der Waals surface area contributed by atoms with Crippen molar-refractivity contribution in [2.24, 2.45) is 0 Å². The molecule has 2 aromatic carbocycles. The Labute approximate surface area is 236 Å². The van der Waals surface area contributed by atoms with Gasteiger partial charge in [-0.3, -0.25) is 14.5 Å². The van der Waals surface area contributed by atoms with Crippen LogP contribution in [0.3, 0.4) is 0 Å². The maximum atomic E-state index is 13.9. The van der Waals surface area contributed by atoms with Crippen LogP contribution in [-0.2, 0) is 14.3 Å². The molecule has 2 aliphatic rings. The lowest BCUT2D eigenvalue weighted by Crippen LogP contribution is -2.48. The van der Waals surface area contributed by atoms with Gasteiger partial charge in [-0.1, -0.05) is 48.0 Å². The monoisotopic (exact) mass is 558 g/mol. The van der Waals surface area contributed by atoms with Gasteiger partial charge in [0.1, 0.15) is 12.4 Å². The third-order valence-electron chi connectivity index (χ3n) is 7.21. The first-order chi connectivity index (χ1) is 19.0. The highest BCUT2D eigenvalue weighted by molar-refractivity contribution is 8.00. The van der Waals surface area contributed by atoms with Crippen molar-refractivity contribution in [1.82, 2.24) is 14.7 Å². The quantitative estimate of drug-likeness (QED) is 0.335. The summed E-state index contributed by atoms with van der Waals surface area (Å²) >= 11 is 3.32. The number of nitrogens with zero attached hydrogens (tertiary/aromatic N) is 4. The molecule has 0 saturated carbocycles. The van der Waals surface area contributed by atoms with Gasteiger partial charge in [-0.15, -0.1) is 23.1 Å². The first-order valence-electron chi connectivity index (χ1n) is 13.1. The molecule has 2 aromatic heterocycles. The van der Waals surface area contributed by atoms with Gasteiger partial charge in [0.2, 0.25) is 11.8 Å². The molecule has 2 amide bonds. The second kappa shape index (κ2) is 11.0. The predicted octanol–water partition coefficient (Wildman–Crippen LogP) is 5.25. The maximum absolute atomic E-state index is 13.9. The van der Waals surface area contributed by atoms with Crippen LogP contribution >= 0.6 is 23.1 Å². The van der Waals surface area contributed by atoms with Crippen molar-refractivity contribution in [2.75, 3.05) is 43.5 Å². The van der Waals surface area contributed by atoms with E-state index < -0.39 is 0 Å². The van der Waals surface area contributed by atoms with E-state index in [9.17, 15) is 9.59 Å². The number of amides is 2. The zero-order valence-corrected chi connectivity index (χ0v) is 23.6. The van der Waals surface area contributed by atoms with Gasteiger partial charge in [0.15, 0.2) is 0 Å². The van der Waals surface area contributed by atoms with Crippen molar-refractivity contribution in [2.45, 2.75) is 19.1 Å². The van der Waals surface area contributed by atoms with Gasteiger partial charge in [-0.2, -0.15) is 5.10 Å². The van der Waals surface area contributed by atoms with Crippen LogP contribution in [0, 0.1) is 13.8 Å². The van der Waals surface area contributed by atoms with Crippen molar-refractivity contribution in [3.8, 4) is 16.9 Å². The summed E-state index contributed by atoms with van der Waals surface area (Å²) in [5.41, 5.74) is 5.96. The fourth-order valence-electron chi connectivity index (χ4n) is 5.10. The number of hydrogen-bond acceptors (Lipinski definition) is 6. The fourth-order valence-corrected chi connectivity index (χ4v) is 7.57. The predicted molar refractivity (Wildman–Crippen MR) is 157 cm³/mol. The Morgan fingerprint density at radius 3 is 2.46 bits per heavy atom. The normalized spacial score (nSPS) is 17.7. The minimum absolute atomic E-state index is 0.0334. The van der Waals surface area contributed by atoms with Crippen LogP contribution in [0.5, 0.6) is 0 Å². The van der Waals surface area contributed by atoms with Gasteiger partial charge in [0.05, 0.1) is 35.6 Å². The first-order valence-corrected chi connectivity index (χ1v) is 15.0. The highest BCUT2D eigenvalue weighted by Crippen LogP contribution is 2.50. The summed E-state index contributed by atoms with van der Waals surface area (Å²) in [4.78, 5) is 32.0. The highest BCUT2D eigenvalue weighted by atomic mass is 32.2. The van der Waals surface area contributed by atoms with Gasteiger partial charge in [0.25, 0.3) is 0 Å². The van der Waals surface area contributed by atoms with Crippen LogP contribution in [0.1, 0.15) is 26.8 Å². The molecule has 0 spiro atoms. The summed E-state index contributed by atoms with van der Waals surface area (Å²) in [7, 11) is 0. The lowest BCUT2D eigenvalue weighted by Gasteiger charge is -2.30. The number of thiophene rings is 1. The molecule has 0 bridgehead atoms. The van der Waals surface area contributed by atoms with Crippen molar-refractivity contribution >= 4 is 40.7 Å². The van der Waals surface area contributed by atoms with Crippen LogP contribution in [0.15, 0.2) is 66.0 Å². The van der Waals surface area contributed by atoms with Crippen LogP contribution in [0.25, 0.3) is 16.9 Å². The molecule has 0 N–H and O–H groups in total. The number of aryl methyl sites for hydroxylation is 2. The lowest BCUT2D eigenvalue weighted by atomic mass is 10.0. The molecule has 1 fully saturated rings. The zero-order chi connectivity index (χ0) is 26.9. The molecule has 0 aliphatic carbocycles. The third kappa shape index (κ3) is 5.02. The molecular weight excluding hydrogens is 528 g/mol. The number of fused-ring (bicyclic) bond motifs is 1. The molecule has 2 aliphatic heterocycles. The van der Waals surface area contributed by atoms with Crippen LogP contribution in [0.4, 0.5) is 5.82 Å². The number of hydrogen-bond donors (Lipinski definition) is 0. The van der Waals surface area contributed by atoms with E-state index in [0.717, 1.165) is 28.1 Å². The van der Waals surface area contributed by atoms with Gasteiger partial charge in [-0.25, -0.2) is 4.68 Å². The topological polar surface area (TPSA) is 67.7 Å². The smallest absolute Gasteiger partial charge is 0.242 e. The van der Waals surface area contributed by atoms with Gasteiger partial charge in [-0.05, 0) is 43.0 Å². The van der Waals surface area contributed by atoms with E-state index in [0.29, 0.717) is 32.1 Å². The van der Waals surface area contributed by atoms with E-state index in [2.05, 4.69) is 30.5 Å². The summed E-state index contributed by atoms with van der Waals surface area (Å²) < 4.78 is 7.32. The number of carbonyl (C=O) groups is 2. The summed E-state index contributed by atoms with van der Waals surface area (Å²) in [6, 6.07) is 20.4. The van der Waals surface area contributed by atoms with E-state index in [1.807, 2.05) is 54.1 Å². The zero-order valence-electron chi connectivity index (χ0n) is 22.0. The molecule has 39 heavy (non-hydrogen) atoms. The summed E-state index contributed by atoms with van der Waals surface area (Å²) in [5, 5.41) is 7.17. The molecule has 9 heteroatoms. The average Bonchev–Trinajstić information content (AvgIpc) is 3.54. The van der Waals surface area contributed by atoms with Crippen molar-refractivity contribution in [3.05, 3.63) is 87.6 Å². The SMILES string of the molecule is Cc1ccc(-n2nc(-c3ccccc3)c3c2N(CC(=O)N2CCOCC2)C(=O)CSC3c2sccc2C)cc1. The average molecular weight is 559 g/mol. The molecular formula is C30H30N4O3S2. The molecule has 4 aromatic rings. The van der Waals surface area contributed by atoms with E-state index in [4.69, 9.17) is 9.84 Å². The number of rotatable bonds is 5. The molecule has 1 atom stereocenters. The number of ether oxygens (including phenoxy) is 1. The Morgan fingerprint density at radius 1 is 1.03 bits per heavy atom. The second-order valence-corrected chi connectivity index (χ2v) is 11.9. The van der Waals surface area contributed by atoms with Gasteiger partial charge in [0, 0.05) is 29.1 Å². The van der Waals surface area contributed by atoms with Crippen molar-refractivity contribution in [3.63, 3.8) is 0 Å². The number of anilines is 1. The Morgan fingerprint density at radius 2 is 1.77 bits per heavy atom. The molecule has 7 nitrogen and oxygen atoms in total. The molecule has 200 valence electrons. The van der Waals surface area contributed by atoms with Crippen LogP contribution in [-0.4, -0.2) is 65.1 Å². The molecule has 1 unspecified atom stereocenters. The summed E-state index contributed by atoms with van der Waals surface area (Å²) in [5.74, 6) is 0.778. The standard InChI is InChI=1S/C30H30N4O3S2/c1-20-8-10-23(11-9-20)34-30-26(27(31-34)22-6-4-3-5-7-22)29(28-21(2)12-17-38-28)39-19-25(36)33(30)18-24(35)32-13-15-37-16-14-32/h3-12,17,29H,13-16,18-19H2,1-2H3. The Balaban J connectivity index is 1.58. The number of thioether (sulfide) groups is 1. The van der Waals surface area contributed by atoms with E-state index >= 15 is 0 Å². The van der Waals surface area contributed by atoms with Crippen LogP contribution < -0.4 is 4.90 Å². The second-order valence-electron chi connectivity index (χ2n) is 9.83. The van der Waals surface area contributed by atoms with Crippen LogP contribution in [0.2, 0.25) is 0 Å². The number of aromatic nitrogens is 2. The number of carbonyl (C=O) groups excluding carboxylic acids is 2. The highest BCUT2D eigenvalue weighted by Gasteiger charge is 2.39. The minimum Gasteiger partial charge on any atom is -0.378 e. The first kappa shape index (κ1) is 25.9. The Kier molecular flexibility index (Phi) is 7.29. The van der Waals surface area contributed by atoms with Crippen molar-refractivity contribution < 1.29 is 14.3 Å². The minimum atomic E-state index is -0.0955. The molecule has 0 radical (unpaired) electrons. The Hall–Kier alpha value is -3.40. The van der Waals surface area contributed by atoms with E-state index in [1.54, 1.807) is 32.9 Å². The molecule has 4 heterocycles. The van der Waals surface area contributed by atoms with Gasteiger partial charge < -0.3 is 9.64 Å². The number of morpholine rings is 1. The molecule has 1 saturated heterocycles. The van der Waals surface area contributed by atoms with E-state index in [1.165, 1.54) is 10.4 Å². The van der Waals surface area contributed by atoms with Crippen molar-refractivity contribution in [1.29, 1.82) is 0 Å².